The van der Waals surface area contributed by atoms with E-state index in [0.29, 0.717) is 24.4 Å². The lowest BCUT2D eigenvalue weighted by Gasteiger charge is -2.33. The van der Waals surface area contributed by atoms with Gasteiger partial charge in [-0.2, -0.15) is 0 Å². The molecule has 39 heavy (non-hydrogen) atoms. The van der Waals surface area contributed by atoms with Crippen molar-refractivity contribution in [2.24, 2.45) is 0 Å². The molecule has 0 saturated heterocycles. The number of benzene rings is 3. The van der Waals surface area contributed by atoms with Crippen LogP contribution in [0.2, 0.25) is 0 Å². The van der Waals surface area contributed by atoms with Gasteiger partial charge in [-0.15, -0.1) is 0 Å². The van der Waals surface area contributed by atoms with Gasteiger partial charge in [-0.3, -0.25) is 13.9 Å². The average Bonchev–Trinajstić information content (AvgIpc) is 2.95. The molecule has 0 unspecified atom stereocenters. The third kappa shape index (κ3) is 7.83. The minimum absolute atomic E-state index is 0.0650. The van der Waals surface area contributed by atoms with Gasteiger partial charge in [-0.1, -0.05) is 60.1 Å². The van der Waals surface area contributed by atoms with Gasteiger partial charge in [0.05, 0.1) is 17.7 Å². The highest BCUT2D eigenvalue weighted by Gasteiger charge is 2.33. The number of halogens is 1. The maximum Gasteiger partial charge on any atom is 0.264 e. The van der Waals surface area contributed by atoms with E-state index in [1.165, 1.54) is 17.0 Å². The van der Waals surface area contributed by atoms with Crippen molar-refractivity contribution in [2.45, 2.75) is 44.2 Å². The molecule has 1 atom stereocenters. The maximum atomic E-state index is 14.0. The van der Waals surface area contributed by atoms with Crippen LogP contribution in [0.15, 0.2) is 88.2 Å². The summed E-state index contributed by atoms with van der Waals surface area (Å²) >= 11 is 3.38. The van der Waals surface area contributed by atoms with E-state index >= 15 is 0 Å². The van der Waals surface area contributed by atoms with E-state index in [1.807, 2.05) is 26.0 Å². The molecule has 10 heteroatoms. The molecule has 8 nitrogen and oxygen atoms in total. The van der Waals surface area contributed by atoms with Crippen LogP contribution in [-0.2, 0) is 26.2 Å². The van der Waals surface area contributed by atoms with Crippen molar-refractivity contribution in [3.8, 4) is 5.75 Å². The molecule has 0 saturated carbocycles. The van der Waals surface area contributed by atoms with E-state index in [9.17, 15) is 18.0 Å². The average molecular weight is 617 g/mol. The number of rotatable bonds is 13. The molecule has 208 valence electrons. The summed E-state index contributed by atoms with van der Waals surface area (Å²) in [5.74, 6) is -0.103. The van der Waals surface area contributed by atoms with E-state index < -0.39 is 28.5 Å². The molecule has 0 aliphatic rings. The first-order valence-electron chi connectivity index (χ1n) is 12.7. The molecule has 3 aromatic carbocycles. The van der Waals surface area contributed by atoms with Gasteiger partial charge in [0, 0.05) is 17.6 Å². The fraction of sp³-hybridized carbons (Fsp3) is 0.310. The molecule has 3 aromatic rings. The van der Waals surface area contributed by atoms with Gasteiger partial charge in [0.25, 0.3) is 10.0 Å². The SMILES string of the molecule is CCCNC(=O)[C@@H](CC)N(Cc1ccc(OC)cc1)C(=O)CN(c1ccc(Br)cc1)S(=O)(=O)c1ccccc1. The van der Waals surface area contributed by atoms with Crippen LogP contribution in [0.5, 0.6) is 5.75 Å². The van der Waals surface area contributed by atoms with E-state index in [2.05, 4.69) is 21.2 Å². The van der Waals surface area contributed by atoms with Crippen molar-refractivity contribution in [1.29, 1.82) is 0 Å². The Balaban J connectivity index is 2.02. The molecule has 0 spiro atoms. The Labute approximate surface area is 239 Å². The smallest absolute Gasteiger partial charge is 0.264 e. The Morgan fingerprint density at radius 2 is 1.59 bits per heavy atom. The number of nitrogens with one attached hydrogen (secondary N) is 1. The topological polar surface area (TPSA) is 96.0 Å². The van der Waals surface area contributed by atoms with Gasteiger partial charge in [0.1, 0.15) is 18.3 Å². The molecule has 0 heterocycles. The first-order chi connectivity index (χ1) is 18.7. The van der Waals surface area contributed by atoms with Crippen LogP contribution in [0.25, 0.3) is 0 Å². The second-order valence-corrected chi connectivity index (χ2v) is 11.7. The van der Waals surface area contributed by atoms with Crippen molar-refractivity contribution in [3.63, 3.8) is 0 Å². The summed E-state index contributed by atoms with van der Waals surface area (Å²) in [5.41, 5.74) is 1.12. The van der Waals surface area contributed by atoms with Crippen LogP contribution < -0.4 is 14.4 Å². The highest BCUT2D eigenvalue weighted by molar-refractivity contribution is 9.10. The van der Waals surface area contributed by atoms with Gasteiger partial charge in [-0.25, -0.2) is 8.42 Å². The van der Waals surface area contributed by atoms with Crippen molar-refractivity contribution in [2.75, 3.05) is 24.5 Å². The largest absolute Gasteiger partial charge is 0.497 e. The summed E-state index contributed by atoms with van der Waals surface area (Å²) in [4.78, 5) is 28.6. The Bertz CT molecular complexity index is 1330. The van der Waals surface area contributed by atoms with Crippen molar-refractivity contribution in [3.05, 3.63) is 88.9 Å². The Morgan fingerprint density at radius 1 is 0.949 bits per heavy atom. The number of anilines is 1. The zero-order valence-corrected chi connectivity index (χ0v) is 24.7. The summed E-state index contributed by atoms with van der Waals surface area (Å²) in [6.45, 7) is 3.91. The first kappa shape index (κ1) is 30.2. The number of ether oxygens (including phenoxy) is 1. The molecule has 0 radical (unpaired) electrons. The molecule has 1 N–H and O–H groups in total. The number of carbonyl (C=O) groups excluding carboxylic acids is 2. The lowest BCUT2D eigenvalue weighted by Crippen LogP contribution is -2.52. The predicted octanol–water partition coefficient (Wildman–Crippen LogP) is 4.99. The third-order valence-corrected chi connectivity index (χ3v) is 8.49. The standard InChI is InChI=1S/C29H34BrN3O5S/c1-4-19-31-29(35)27(5-2)32(20-22-11-17-25(38-3)18-12-22)28(34)21-33(24-15-13-23(30)14-16-24)39(36,37)26-9-7-6-8-10-26/h6-18,27H,4-5,19-21H2,1-3H3,(H,31,35)/t27-/m1/s1. The third-order valence-electron chi connectivity index (χ3n) is 6.17. The Kier molecular flexibility index (Phi) is 10.9. The van der Waals surface area contributed by atoms with Crippen LogP contribution >= 0.6 is 15.9 Å². The van der Waals surface area contributed by atoms with E-state index in [4.69, 9.17) is 4.74 Å². The van der Waals surface area contributed by atoms with Gasteiger partial charge < -0.3 is 15.0 Å². The number of methoxy groups -OCH3 is 1. The molecule has 0 aliphatic carbocycles. The summed E-state index contributed by atoms with van der Waals surface area (Å²) in [7, 11) is -2.52. The van der Waals surface area contributed by atoms with Gasteiger partial charge in [-0.05, 0) is 66.9 Å². The highest BCUT2D eigenvalue weighted by Crippen LogP contribution is 2.26. The minimum atomic E-state index is -4.09. The molecule has 2 amide bonds. The van der Waals surface area contributed by atoms with Crippen molar-refractivity contribution < 1.29 is 22.7 Å². The molecular weight excluding hydrogens is 582 g/mol. The van der Waals surface area contributed by atoms with Crippen molar-refractivity contribution in [1.82, 2.24) is 10.2 Å². The van der Waals surface area contributed by atoms with Gasteiger partial charge in [0.2, 0.25) is 11.8 Å². The molecule has 0 fully saturated rings. The number of nitrogens with zero attached hydrogens (tertiary/aromatic N) is 2. The van der Waals surface area contributed by atoms with Gasteiger partial charge >= 0.3 is 0 Å². The highest BCUT2D eigenvalue weighted by atomic mass is 79.9. The van der Waals surface area contributed by atoms with E-state index in [-0.39, 0.29) is 17.3 Å². The molecular formula is C29H34BrN3O5S. The molecule has 0 bridgehead atoms. The Morgan fingerprint density at radius 3 is 2.15 bits per heavy atom. The summed E-state index contributed by atoms with van der Waals surface area (Å²) < 4.78 is 34.6. The van der Waals surface area contributed by atoms with E-state index in [1.54, 1.807) is 61.7 Å². The van der Waals surface area contributed by atoms with Crippen LogP contribution in [-0.4, -0.2) is 51.4 Å². The number of hydrogen-bond donors (Lipinski definition) is 1. The van der Waals surface area contributed by atoms with Gasteiger partial charge in [0.15, 0.2) is 0 Å². The normalized spacial score (nSPS) is 11.9. The second kappa shape index (κ2) is 14.1. The van der Waals surface area contributed by atoms with Crippen LogP contribution in [0, 0.1) is 0 Å². The van der Waals surface area contributed by atoms with Crippen molar-refractivity contribution >= 4 is 43.5 Å². The fourth-order valence-corrected chi connectivity index (χ4v) is 5.77. The zero-order valence-electron chi connectivity index (χ0n) is 22.3. The number of hydrogen-bond acceptors (Lipinski definition) is 5. The summed E-state index contributed by atoms with van der Waals surface area (Å²) in [6.07, 6.45) is 1.11. The lowest BCUT2D eigenvalue weighted by atomic mass is 10.1. The second-order valence-electron chi connectivity index (χ2n) is 8.89. The molecule has 0 aromatic heterocycles. The van der Waals surface area contributed by atoms with E-state index in [0.717, 1.165) is 20.8 Å². The maximum absolute atomic E-state index is 14.0. The lowest BCUT2D eigenvalue weighted by molar-refractivity contribution is -0.140. The minimum Gasteiger partial charge on any atom is -0.497 e. The quantitative estimate of drug-likeness (QED) is 0.292. The van der Waals surface area contributed by atoms with Crippen LogP contribution in [0.4, 0.5) is 5.69 Å². The monoisotopic (exact) mass is 615 g/mol. The Hall–Kier alpha value is -3.37. The summed E-state index contributed by atoms with van der Waals surface area (Å²) in [5, 5.41) is 2.88. The van der Waals surface area contributed by atoms with Crippen LogP contribution in [0.1, 0.15) is 32.3 Å². The summed E-state index contributed by atoms with van der Waals surface area (Å²) in [6, 6.07) is 21.1. The first-order valence-corrected chi connectivity index (χ1v) is 15.0. The predicted molar refractivity (Wildman–Crippen MR) is 156 cm³/mol. The number of carbonyl (C=O) groups is 2. The number of amides is 2. The molecule has 0 aliphatic heterocycles. The zero-order chi connectivity index (χ0) is 28.4. The van der Waals surface area contributed by atoms with Crippen LogP contribution in [0.3, 0.4) is 0 Å². The fourth-order valence-electron chi connectivity index (χ4n) is 4.07. The molecule has 3 rings (SSSR count). The number of sulfonamides is 1.